The van der Waals surface area contributed by atoms with E-state index in [4.69, 9.17) is 10.2 Å². The second-order valence-electron chi connectivity index (χ2n) is 11.5. The van der Waals surface area contributed by atoms with E-state index in [0.29, 0.717) is 28.8 Å². The molecular formula is C31H35N3O8. The lowest BCUT2D eigenvalue weighted by Crippen LogP contribution is -2.65. The molecule has 1 fully saturated rings. The number of allylic oxidation sites excluding steroid dienone is 1. The third kappa shape index (κ3) is 4.27. The first kappa shape index (κ1) is 29.3. The number of furan rings is 1. The van der Waals surface area contributed by atoms with Crippen LogP contribution >= 0.6 is 0 Å². The number of amides is 1. The van der Waals surface area contributed by atoms with Gasteiger partial charge in [-0.15, -0.1) is 0 Å². The number of carbonyl (C=O) groups is 3. The molecule has 222 valence electrons. The third-order valence-corrected chi connectivity index (χ3v) is 8.84. The number of Topliss-reactive ketones (excluding diaryl/α,β-unsaturated/α-hetero) is 2. The van der Waals surface area contributed by atoms with Gasteiger partial charge in [0.15, 0.2) is 11.4 Å². The topological polar surface area (TPSA) is 187 Å². The average Bonchev–Trinajstić information content (AvgIpc) is 3.46. The lowest BCUT2D eigenvalue weighted by atomic mass is 9.57. The SMILES string of the molecule is C/C=C(\C)CNCc1cc(-c2ccoc2)c2c(c1O)C(O)=C1C(=O)[C@]3(O)C(O)=C(C(N)=O)C(=O)[C@@H](N(C)C)C3CC1C2. The Bertz CT molecular complexity index is 1580. The number of carbonyl (C=O) groups excluding carboxylic acids is 3. The molecule has 2 unspecified atom stereocenters. The summed E-state index contributed by atoms with van der Waals surface area (Å²) in [4.78, 5) is 41.1. The van der Waals surface area contributed by atoms with Gasteiger partial charge in [-0.05, 0) is 70.0 Å². The number of aromatic hydroxyl groups is 1. The first-order valence-corrected chi connectivity index (χ1v) is 13.7. The van der Waals surface area contributed by atoms with Crippen LogP contribution in [0.15, 0.2) is 57.6 Å². The molecule has 11 nitrogen and oxygen atoms in total. The van der Waals surface area contributed by atoms with Gasteiger partial charge in [0.2, 0.25) is 5.78 Å². The zero-order valence-corrected chi connectivity index (χ0v) is 23.9. The molecule has 0 radical (unpaired) electrons. The summed E-state index contributed by atoms with van der Waals surface area (Å²) in [5.41, 5.74) is 5.26. The first-order chi connectivity index (χ1) is 19.8. The van der Waals surface area contributed by atoms with Crippen molar-refractivity contribution in [1.82, 2.24) is 10.2 Å². The van der Waals surface area contributed by atoms with Crippen molar-refractivity contribution in [1.29, 1.82) is 0 Å². The van der Waals surface area contributed by atoms with Gasteiger partial charge in [-0.25, -0.2) is 0 Å². The van der Waals surface area contributed by atoms with Crippen LogP contribution < -0.4 is 11.1 Å². The molecule has 4 atom stereocenters. The number of aliphatic hydroxyl groups excluding tert-OH is 2. The van der Waals surface area contributed by atoms with Crippen molar-refractivity contribution >= 4 is 23.2 Å². The number of ketones is 2. The van der Waals surface area contributed by atoms with E-state index in [-0.39, 0.29) is 36.3 Å². The van der Waals surface area contributed by atoms with Crippen molar-refractivity contribution in [3.8, 4) is 16.9 Å². The Labute approximate surface area is 242 Å². The van der Waals surface area contributed by atoms with Crippen LogP contribution in [-0.4, -0.2) is 75.1 Å². The minimum Gasteiger partial charge on any atom is -0.508 e. The van der Waals surface area contributed by atoms with Gasteiger partial charge in [0.1, 0.15) is 22.8 Å². The maximum absolute atomic E-state index is 14.1. The largest absolute Gasteiger partial charge is 0.508 e. The second-order valence-corrected chi connectivity index (χ2v) is 11.5. The number of hydrogen-bond donors (Lipinski definition) is 6. The normalized spacial score (nSPS) is 26.0. The first-order valence-electron chi connectivity index (χ1n) is 13.7. The number of rotatable bonds is 7. The summed E-state index contributed by atoms with van der Waals surface area (Å²) in [6.07, 6.45) is 5.23. The fourth-order valence-electron chi connectivity index (χ4n) is 6.67. The molecule has 7 N–H and O–H groups in total. The predicted molar refractivity (Wildman–Crippen MR) is 153 cm³/mol. The lowest BCUT2D eigenvalue weighted by molar-refractivity contribution is -0.153. The van der Waals surface area contributed by atoms with Crippen molar-refractivity contribution < 1.29 is 39.2 Å². The van der Waals surface area contributed by atoms with E-state index in [0.717, 1.165) is 5.57 Å². The highest BCUT2D eigenvalue weighted by atomic mass is 16.3. The standard InChI is InChI=1S/C31H35N3O8/c1-5-14(2)11-33-12-17-9-18(15-6-7-42-13-15)19-8-16-10-20-24(34(3)4)27(37)23(30(32)40)29(39)31(20,41)28(38)21(16)26(36)22(19)25(17)35/h5-7,9,13,16,20,24,33,35-36,39,41H,8,10-12H2,1-4H3,(H2,32,40)/b14-5+/t16?,20?,24-,31-/m0/s1. The number of likely N-dealkylation sites (N-methyl/N-ethyl adjacent to an activating group) is 1. The summed E-state index contributed by atoms with van der Waals surface area (Å²) in [6.45, 7) is 4.70. The summed E-state index contributed by atoms with van der Waals surface area (Å²) >= 11 is 0. The second kappa shape index (κ2) is 10.6. The Morgan fingerprint density at radius 2 is 1.98 bits per heavy atom. The number of nitrogens with one attached hydrogen (secondary N) is 1. The Balaban J connectivity index is 1.71. The quantitative estimate of drug-likeness (QED) is 0.211. The van der Waals surface area contributed by atoms with Crippen molar-refractivity contribution in [2.45, 2.75) is 44.9 Å². The molecule has 11 heteroatoms. The molecule has 3 aliphatic rings. The predicted octanol–water partition coefficient (Wildman–Crippen LogP) is 2.28. The summed E-state index contributed by atoms with van der Waals surface area (Å²) < 4.78 is 5.32. The number of fused-ring (bicyclic) bond motifs is 3. The van der Waals surface area contributed by atoms with Crippen molar-refractivity contribution in [2.24, 2.45) is 17.6 Å². The van der Waals surface area contributed by atoms with Crippen LogP contribution in [0.5, 0.6) is 5.75 Å². The third-order valence-electron chi connectivity index (χ3n) is 8.84. The lowest BCUT2D eigenvalue weighted by Gasteiger charge is -2.50. The minimum atomic E-state index is -2.68. The van der Waals surface area contributed by atoms with E-state index in [1.54, 1.807) is 26.4 Å². The molecule has 1 heterocycles. The van der Waals surface area contributed by atoms with E-state index in [9.17, 15) is 34.8 Å². The fourth-order valence-corrected chi connectivity index (χ4v) is 6.67. The van der Waals surface area contributed by atoms with Gasteiger partial charge in [-0.3, -0.25) is 19.3 Å². The van der Waals surface area contributed by atoms with Crippen LogP contribution in [0.4, 0.5) is 0 Å². The van der Waals surface area contributed by atoms with Gasteiger partial charge in [0, 0.05) is 35.7 Å². The fraction of sp³-hybridized carbons (Fsp3) is 0.387. The molecule has 0 saturated heterocycles. The highest BCUT2D eigenvalue weighted by Crippen LogP contribution is 2.54. The van der Waals surface area contributed by atoms with Gasteiger partial charge >= 0.3 is 0 Å². The molecule has 5 rings (SSSR count). The molecule has 0 aliphatic heterocycles. The molecule has 1 amide bonds. The van der Waals surface area contributed by atoms with Gasteiger partial charge in [0.05, 0.1) is 24.1 Å². The number of phenols is 1. The number of benzene rings is 1. The number of primary amides is 1. The van der Waals surface area contributed by atoms with Gasteiger partial charge in [-0.1, -0.05) is 11.6 Å². The van der Waals surface area contributed by atoms with Crippen molar-refractivity contribution in [3.05, 3.63) is 69.9 Å². The number of phenolic OH excluding ortho intramolecular Hbond substituents is 1. The zero-order chi connectivity index (χ0) is 30.7. The van der Waals surface area contributed by atoms with Gasteiger partial charge in [0.25, 0.3) is 5.91 Å². The van der Waals surface area contributed by atoms with E-state index in [1.165, 1.54) is 11.2 Å². The molecule has 42 heavy (non-hydrogen) atoms. The van der Waals surface area contributed by atoms with Crippen LogP contribution in [0, 0.1) is 11.8 Å². The molecule has 1 saturated carbocycles. The van der Waals surface area contributed by atoms with Gasteiger partial charge in [-0.2, -0.15) is 0 Å². The average molecular weight is 578 g/mol. The number of nitrogens with zero attached hydrogens (tertiary/aromatic N) is 1. The molecule has 3 aliphatic carbocycles. The van der Waals surface area contributed by atoms with Crippen LogP contribution in [0.2, 0.25) is 0 Å². The number of aliphatic hydroxyl groups is 3. The van der Waals surface area contributed by atoms with Gasteiger partial charge < -0.3 is 35.9 Å². The van der Waals surface area contributed by atoms with Crippen LogP contribution in [0.25, 0.3) is 16.9 Å². The van der Waals surface area contributed by atoms with E-state index in [1.807, 2.05) is 26.0 Å². The van der Waals surface area contributed by atoms with E-state index < -0.39 is 58.0 Å². The minimum absolute atomic E-state index is 0.0171. The monoisotopic (exact) mass is 577 g/mol. The molecule has 0 spiro atoms. The summed E-state index contributed by atoms with van der Waals surface area (Å²) in [5, 5.41) is 49.2. The zero-order valence-electron chi connectivity index (χ0n) is 23.9. The summed E-state index contributed by atoms with van der Waals surface area (Å²) in [6, 6.07) is 2.43. The molecular weight excluding hydrogens is 542 g/mol. The van der Waals surface area contributed by atoms with Crippen LogP contribution in [0.1, 0.15) is 37.0 Å². The van der Waals surface area contributed by atoms with E-state index in [2.05, 4.69) is 5.32 Å². The molecule has 0 bridgehead atoms. The Hall–Kier alpha value is -4.19. The van der Waals surface area contributed by atoms with Crippen molar-refractivity contribution in [2.75, 3.05) is 20.6 Å². The highest BCUT2D eigenvalue weighted by molar-refractivity contribution is 6.24. The Morgan fingerprint density at radius 3 is 2.57 bits per heavy atom. The van der Waals surface area contributed by atoms with Crippen LogP contribution in [-0.2, 0) is 27.3 Å². The van der Waals surface area contributed by atoms with Crippen molar-refractivity contribution in [3.63, 3.8) is 0 Å². The van der Waals surface area contributed by atoms with E-state index >= 15 is 0 Å². The molecule has 1 aromatic carbocycles. The summed E-state index contributed by atoms with van der Waals surface area (Å²) in [7, 11) is 3.13. The summed E-state index contributed by atoms with van der Waals surface area (Å²) in [5.74, 6) is -6.78. The molecule has 2 aromatic rings. The Kier molecular flexibility index (Phi) is 7.38. The number of hydrogen-bond acceptors (Lipinski definition) is 10. The van der Waals surface area contributed by atoms with Crippen LogP contribution in [0.3, 0.4) is 0 Å². The Morgan fingerprint density at radius 1 is 1.26 bits per heavy atom. The number of nitrogens with two attached hydrogens (primary N) is 1. The maximum atomic E-state index is 14.1. The molecule has 1 aromatic heterocycles. The smallest absolute Gasteiger partial charge is 0.255 e. The highest BCUT2D eigenvalue weighted by Gasteiger charge is 2.64. The maximum Gasteiger partial charge on any atom is 0.255 e.